The van der Waals surface area contributed by atoms with Crippen LogP contribution in [0.4, 0.5) is 0 Å². The fraction of sp³-hybridized carbons (Fsp3) is 0.533. The van der Waals surface area contributed by atoms with Crippen molar-refractivity contribution in [3.05, 3.63) is 28.8 Å². The number of aryl methyl sites for hydroxylation is 1. The van der Waals surface area contributed by atoms with Gasteiger partial charge in [-0.1, -0.05) is 24.6 Å². The SMILES string of the molecule is CCC(O)CCNC(=O)C(C)Oc1cc(C)ccc1Cl. The van der Waals surface area contributed by atoms with E-state index in [0.717, 1.165) is 5.56 Å². The summed E-state index contributed by atoms with van der Waals surface area (Å²) in [5.41, 5.74) is 1.02. The van der Waals surface area contributed by atoms with Crippen molar-refractivity contribution in [3.63, 3.8) is 0 Å². The molecule has 1 rings (SSSR count). The molecule has 0 spiro atoms. The molecular formula is C15H22ClNO3. The molecule has 0 aliphatic rings. The molecule has 0 aromatic heterocycles. The highest BCUT2D eigenvalue weighted by Gasteiger charge is 2.16. The Balaban J connectivity index is 2.47. The van der Waals surface area contributed by atoms with Crippen molar-refractivity contribution >= 4 is 17.5 Å². The van der Waals surface area contributed by atoms with Crippen LogP contribution in [0.3, 0.4) is 0 Å². The molecule has 0 saturated heterocycles. The molecule has 0 aliphatic heterocycles. The van der Waals surface area contributed by atoms with Crippen LogP contribution in [0.1, 0.15) is 32.3 Å². The fourth-order valence-corrected chi connectivity index (χ4v) is 1.82. The van der Waals surface area contributed by atoms with Crippen molar-refractivity contribution in [1.29, 1.82) is 0 Å². The molecule has 20 heavy (non-hydrogen) atoms. The Morgan fingerprint density at radius 2 is 2.20 bits per heavy atom. The largest absolute Gasteiger partial charge is 0.479 e. The molecule has 4 nitrogen and oxygen atoms in total. The predicted octanol–water partition coefficient (Wildman–Crippen LogP) is 2.69. The molecule has 1 aromatic carbocycles. The van der Waals surface area contributed by atoms with Gasteiger partial charge in [-0.3, -0.25) is 4.79 Å². The monoisotopic (exact) mass is 299 g/mol. The average molecular weight is 300 g/mol. The lowest BCUT2D eigenvalue weighted by Crippen LogP contribution is -2.37. The Morgan fingerprint density at radius 1 is 1.50 bits per heavy atom. The first-order valence-corrected chi connectivity index (χ1v) is 7.20. The number of rotatable bonds is 7. The van der Waals surface area contributed by atoms with E-state index in [1.54, 1.807) is 19.1 Å². The summed E-state index contributed by atoms with van der Waals surface area (Å²) in [6, 6.07) is 5.42. The molecule has 112 valence electrons. The zero-order chi connectivity index (χ0) is 15.1. The lowest BCUT2D eigenvalue weighted by Gasteiger charge is -2.16. The summed E-state index contributed by atoms with van der Waals surface area (Å²) in [4.78, 5) is 11.9. The number of aliphatic hydroxyl groups is 1. The van der Waals surface area contributed by atoms with Gasteiger partial charge in [0.25, 0.3) is 5.91 Å². The van der Waals surface area contributed by atoms with Crippen LogP contribution in [-0.2, 0) is 4.79 Å². The quantitative estimate of drug-likeness (QED) is 0.814. The Kier molecular flexibility index (Phi) is 6.82. The minimum absolute atomic E-state index is 0.217. The molecule has 2 N–H and O–H groups in total. The number of ether oxygens (including phenoxy) is 1. The summed E-state index contributed by atoms with van der Waals surface area (Å²) >= 11 is 6.02. The predicted molar refractivity (Wildman–Crippen MR) is 80.2 cm³/mol. The number of nitrogens with one attached hydrogen (secondary N) is 1. The number of amides is 1. The van der Waals surface area contributed by atoms with Crippen LogP contribution < -0.4 is 10.1 Å². The lowest BCUT2D eigenvalue weighted by molar-refractivity contribution is -0.127. The molecule has 2 unspecified atom stereocenters. The normalized spacial score (nSPS) is 13.7. The van der Waals surface area contributed by atoms with Gasteiger partial charge in [-0.2, -0.15) is 0 Å². The number of benzene rings is 1. The molecule has 1 amide bonds. The minimum Gasteiger partial charge on any atom is -0.479 e. The standard InChI is InChI=1S/C15H22ClNO3/c1-4-12(18)7-8-17-15(19)11(3)20-14-9-10(2)5-6-13(14)16/h5-6,9,11-12,18H,4,7-8H2,1-3H3,(H,17,19). The van der Waals surface area contributed by atoms with Gasteiger partial charge in [0.1, 0.15) is 5.75 Å². The molecule has 1 aromatic rings. The molecule has 0 saturated carbocycles. The Hall–Kier alpha value is -1.26. The van der Waals surface area contributed by atoms with Gasteiger partial charge >= 0.3 is 0 Å². The number of carbonyl (C=O) groups is 1. The summed E-state index contributed by atoms with van der Waals surface area (Å²) in [7, 11) is 0. The topological polar surface area (TPSA) is 58.6 Å². The van der Waals surface area contributed by atoms with Crippen molar-refractivity contribution in [2.45, 2.75) is 45.8 Å². The fourth-order valence-electron chi connectivity index (χ4n) is 1.65. The van der Waals surface area contributed by atoms with Crippen LogP contribution >= 0.6 is 11.6 Å². The summed E-state index contributed by atoms with van der Waals surface area (Å²) < 4.78 is 5.57. The Labute approximate surface area is 125 Å². The number of hydrogen-bond acceptors (Lipinski definition) is 3. The van der Waals surface area contributed by atoms with Gasteiger partial charge in [-0.05, 0) is 44.4 Å². The highest BCUT2D eigenvalue weighted by atomic mass is 35.5. The van der Waals surface area contributed by atoms with Crippen LogP contribution in [0.15, 0.2) is 18.2 Å². The van der Waals surface area contributed by atoms with Crippen LogP contribution in [0.5, 0.6) is 5.75 Å². The number of halogens is 1. The van der Waals surface area contributed by atoms with E-state index in [4.69, 9.17) is 16.3 Å². The Bertz CT molecular complexity index is 451. The molecular weight excluding hydrogens is 278 g/mol. The van der Waals surface area contributed by atoms with Crippen LogP contribution in [-0.4, -0.2) is 29.8 Å². The average Bonchev–Trinajstić information content (AvgIpc) is 2.42. The van der Waals surface area contributed by atoms with E-state index in [2.05, 4.69) is 5.32 Å². The van der Waals surface area contributed by atoms with Gasteiger partial charge in [0.2, 0.25) is 0 Å². The maximum absolute atomic E-state index is 11.9. The first kappa shape index (κ1) is 16.8. The molecule has 0 bridgehead atoms. The molecule has 0 heterocycles. The summed E-state index contributed by atoms with van der Waals surface area (Å²) in [5.74, 6) is 0.286. The van der Waals surface area contributed by atoms with E-state index in [-0.39, 0.29) is 12.0 Å². The van der Waals surface area contributed by atoms with E-state index in [0.29, 0.717) is 30.2 Å². The van der Waals surface area contributed by atoms with E-state index < -0.39 is 6.10 Å². The summed E-state index contributed by atoms with van der Waals surface area (Å²) in [5, 5.41) is 12.6. The van der Waals surface area contributed by atoms with Crippen molar-refractivity contribution in [1.82, 2.24) is 5.32 Å². The molecule has 0 radical (unpaired) electrons. The number of hydrogen-bond donors (Lipinski definition) is 2. The van der Waals surface area contributed by atoms with Crippen molar-refractivity contribution in [2.75, 3.05) is 6.54 Å². The third kappa shape index (κ3) is 5.39. The van der Waals surface area contributed by atoms with Crippen LogP contribution in [0.25, 0.3) is 0 Å². The van der Waals surface area contributed by atoms with E-state index in [9.17, 15) is 9.90 Å². The molecule has 2 atom stereocenters. The van der Waals surface area contributed by atoms with Crippen molar-refractivity contribution in [2.24, 2.45) is 0 Å². The lowest BCUT2D eigenvalue weighted by atomic mass is 10.2. The summed E-state index contributed by atoms with van der Waals surface area (Å²) in [6.45, 7) is 5.94. The zero-order valence-electron chi connectivity index (χ0n) is 12.1. The molecule has 0 fully saturated rings. The minimum atomic E-state index is -0.631. The van der Waals surface area contributed by atoms with E-state index in [1.807, 2.05) is 19.9 Å². The second-order valence-electron chi connectivity index (χ2n) is 4.84. The highest BCUT2D eigenvalue weighted by molar-refractivity contribution is 6.32. The third-order valence-corrected chi connectivity index (χ3v) is 3.32. The number of aliphatic hydroxyl groups excluding tert-OH is 1. The van der Waals surface area contributed by atoms with Gasteiger partial charge in [-0.15, -0.1) is 0 Å². The van der Waals surface area contributed by atoms with Gasteiger partial charge in [-0.25, -0.2) is 0 Å². The van der Waals surface area contributed by atoms with Crippen molar-refractivity contribution < 1.29 is 14.6 Å². The maximum atomic E-state index is 11.9. The third-order valence-electron chi connectivity index (χ3n) is 3.01. The van der Waals surface area contributed by atoms with Gasteiger partial charge in [0, 0.05) is 6.54 Å². The zero-order valence-corrected chi connectivity index (χ0v) is 12.9. The smallest absolute Gasteiger partial charge is 0.260 e. The maximum Gasteiger partial charge on any atom is 0.260 e. The second-order valence-corrected chi connectivity index (χ2v) is 5.24. The first-order chi connectivity index (χ1) is 9.43. The molecule has 0 aliphatic carbocycles. The van der Waals surface area contributed by atoms with Crippen molar-refractivity contribution in [3.8, 4) is 5.75 Å². The van der Waals surface area contributed by atoms with Gasteiger partial charge in [0.05, 0.1) is 11.1 Å². The summed E-state index contributed by atoms with van der Waals surface area (Å²) in [6.07, 6.45) is 0.215. The van der Waals surface area contributed by atoms with Crippen LogP contribution in [0, 0.1) is 6.92 Å². The highest BCUT2D eigenvalue weighted by Crippen LogP contribution is 2.26. The van der Waals surface area contributed by atoms with E-state index in [1.165, 1.54) is 0 Å². The number of carbonyl (C=O) groups excluding carboxylic acids is 1. The second kappa shape index (κ2) is 8.12. The van der Waals surface area contributed by atoms with Gasteiger partial charge in [0.15, 0.2) is 6.10 Å². The first-order valence-electron chi connectivity index (χ1n) is 6.82. The van der Waals surface area contributed by atoms with Gasteiger partial charge < -0.3 is 15.2 Å². The Morgan fingerprint density at radius 3 is 2.85 bits per heavy atom. The van der Waals surface area contributed by atoms with Crippen LogP contribution in [0.2, 0.25) is 5.02 Å². The molecule has 5 heteroatoms. The van der Waals surface area contributed by atoms with E-state index >= 15 is 0 Å².